The fourth-order valence-electron chi connectivity index (χ4n) is 8.48. The fraction of sp³-hybridized carbons (Fsp3) is 0.0200. The van der Waals surface area contributed by atoms with Crippen LogP contribution in [0.5, 0.6) is 11.5 Å². The van der Waals surface area contributed by atoms with Gasteiger partial charge in [-0.3, -0.25) is 0 Å². The summed E-state index contributed by atoms with van der Waals surface area (Å²) in [6, 6.07) is 64.5. The summed E-state index contributed by atoms with van der Waals surface area (Å²) in [6.45, 7) is 0. The van der Waals surface area contributed by atoms with Crippen LogP contribution in [0.25, 0.3) is 67.8 Å². The number of nitrogens with zero attached hydrogens (tertiary/aromatic N) is 5. The standard InChI is InChI=1S/C50H31N5O/c1-4-15-32(16-5-1)42-29-30-43(55-54-42)37-21-14-24-40-46(37)36-28-27-35(31-41(36)50(40)38-22-10-12-25-44(38)56-45-26-13-11-23-39(45)50)49-52-47(33-17-6-2-7-18-33)51-48(53-49)34-19-8-3-9-20-34/h1-31H. The van der Waals surface area contributed by atoms with Gasteiger partial charge in [-0.15, -0.1) is 10.2 Å². The predicted molar refractivity (Wildman–Crippen MR) is 220 cm³/mol. The lowest BCUT2D eigenvalue weighted by molar-refractivity contribution is 0.436. The third kappa shape index (κ3) is 4.93. The van der Waals surface area contributed by atoms with Gasteiger partial charge in [0.15, 0.2) is 17.5 Å². The zero-order chi connectivity index (χ0) is 37.1. The molecule has 0 fully saturated rings. The lowest BCUT2D eigenvalue weighted by Crippen LogP contribution is -2.32. The van der Waals surface area contributed by atoms with Crippen LogP contribution in [0, 0.1) is 0 Å². The smallest absolute Gasteiger partial charge is 0.164 e. The Morgan fingerprint density at radius 1 is 0.339 bits per heavy atom. The Morgan fingerprint density at radius 2 is 0.839 bits per heavy atom. The summed E-state index contributed by atoms with van der Waals surface area (Å²) in [5.74, 6) is 3.49. The van der Waals surface area contributed by atoms with Crippen molar-refractivity contribution in [1.29, 1.82) is 0 Å². The van der Waals surface area contributed by atoms with Gasteiger partial charge >= 0.3 is 0 Å². The minimum atomic E-state index is -0.711. The highest BCUT2D eigenvalue weighted by atomic mass is 16.5. The molecule has 1 aliphatic carbocycles. The zero-order valence-corrected chi connectivity index (χ0v) is 30.0. The van der Waals surface area contributed by atoms with Crippen molar-refractivity contribution in [1.82, 2.24) is 25.1 Å². The van der Waals surface area contributed by atoms with Crippen molar-refractivity contribution in [2.75, 3.05) is 0 Å². The number of para-hydroxylation sites is 2. The molecule has 6 nitrogen and oxygen atoms in total. The zero-order valence-electron chi connectivity index (χ0n) is 30.0. The van der Waals surface area contributed by atoms with Crippen LogP contribution < -0.4 is 4.74 Å². The van der Waals surface area contributed by atoms with Crippen LogP contribution in [-0.2, 0) is 5.41 Å². The van der Waals surface area contributed by atoms with Crippen molar-refractivity contribution in [3.63, 3.8) is 0 Å². The van der Waals surface area contributed by atoms with E-state index in [1.54, 1.807) is 0 Å². The molecule has 2 aromatic heterocycles. The molecule has 56 heavy (non-hydrogen) atoms. The molecule has 7 aromatic carbocycles. The number of hydrogen-bond donors (Lipinski definition) is 0. The van der Waals surface area contributed by atoms with Crippen LogP contribution in [0.15, 0.2) is 188 Å². The van der Waals surface area contributed by atoms with Crippen LogP contribution >= 0.6 is 0 Å². The average molecular weight is 718 g/mol. The van der Waals surface area contributed by atoms with E-state index in [2.05, 4.69) is 97.1 Å². The first kappa shape index (κ1) is 31.9. The maximum Gasteiger partial charge on any atom is 0.164 e. The maximum absolute atomic E-state index is 6.65. The molecule has 0 amide bonds. The Balaban J connectivity index is 1.18. The van der Waals surface area contributed by atoms with Gasteiger partial charge in [0.2, 0.25) is 0 Å². The summed E-state index contributed by atoms with van der Waals surface area (Å²) in [4.78, 5) is 15.2. The summed E-state index contributed by atoms with van der Waals surface area (Å²) >= 11 is 0. The summed E-state index contributed by atoms with van der Waals surface area (Å²) in [5, 5.41) is 9.55. The topological polar surface area (TPSA) is 73.7 Å². The minimum Gasteiger partial charge on any atom is -0.457 e. The monoisotopic (exact) mass is 717 g/mol. The molecule has 2 aliphatic rings. The Morgan fingerprint density at radius 3 is 1.43 bits per heavy atom. The second-order valence-corrected chi connectivity index (χ2v) is 14.0. The molecule has 1 aliphatic heterocycles. The number of rotatable bonds is 5. The van der Waals surface area contributed by atoms with Gasteiger partial charge in [0.05, 0.1) is 16.8 Å². The molecular formula is C50H31N5O. The first-order chi connectivity index (χ1) is 27.8. The molecule has 262 valence electrons. The molecule has 6 heteroatoms. The van der Waals surface area contributed by atoms with Gasteiger partial charge < -0.3 is 4.74 Å². The summed E-state index contributed by atoms with van der Waals surface area (Å²) < 4.78 is 6.65. The molecule has 3 heterocycles. The molecule has 0 saturated carbocycles. The maximum atomic E-state index is 6.65. The quantitative estimate of drug-likeness (QED) is 0.176. The van der Waals surface area contributed by atoms with Gasteiger partial charge in [-0.1, -0.05) is 158 Å². The van der Waals surface area contributed by atoms with Crippen molar-refractivity contribution in [3.8, 4) is 79.3 Å². The van der Waals surface area contributed by atoms with Gasteiger partial charge in [0, 0.05) is 38.9 Å². The lowest BCUT2D eigenvalue weighted by atomic mass is 9.66. The molecule has 0 bridgehead atoms. The molecule has 0 saturated heterocycles. The van der Waals surface area contributed by atoms with Crippen LogP contribution in [0.4, 0.5) is 0 Å². The van der Waals surface area contributed by atoms with Crippen LogP contribution in [-0.4, -0.2) is 25.1 Å². The predicted octanol–water partition coefficient (Wildman–Crippen LogP) is 11.5. The van der Waals surface area contributed by atoms with E-state index in [0.29, 0.717) is 17.5 Å². The van der Waals surface area contributed by atoms with E-state index in [0.717, 1.165) is 84.1 Å². The van der Waals surface area contributed by atoms with E-state index in [-0.39, 0.29) is 0 Å². The highest BCUT2D eigenvalue weighted by Crippen LogP contribution is 2.63. The fourth-order valence-corrected chi connectivity index (χ4v) is 8.48. The first-order valence-corrected chi connectivity index (χ1v) is 18.7. The van der Waals surface area contributed by atoms with Gasteiger partial charge in [0.1, 0.15) is 11.5 Å². The third-order valence-electron chi connectivity index (χ3n) is 10.9. The van der Waals surface area contributed by atoms with Crippen molar-refractivity contribution < 1.29 is 4.74 Å². The van der Waals surface area contributed by atoms with Crippen molar-refractivity contribution in [2.45, 2.75) is 5.41 Å². The van der Waals surface area contributed by atoms with E-state index >= 15 is 0 Å². The molecule has 11 rings (SSSR count). The van der Waals surface area contributed by atoms with E-state index in [1.807, 2.05) is 91.0 Å². The first-order valence-electron chi connectivity index (χ1n) is 18.7. The summed E-state index contributed by atoms with van der Waals surface area (Å²) in [6.07, 6.45) is 0. The SMILES string of the molecule is c1ccc(-c2ccc(-c3cccc4c3-c3ccc(-c5nc(-c6ccccc6)nc(-c6ccccc6)n5)cc3C43c4ccccc4Oc4ccccc43)nn2)cc1. The van der Waals surface area contributed by atoms with Crippen LogP contribution in [0.3, 0.4) is 0 Å². The Labute approximate surface area is 323 Å². The molecule has 0 radical (unpaired) electrons. The van der Waals surface area contributed by atoms with Crippen molar-refractivity contribution >= 4 is 0 Å². The Hall–Kier alpha value is -7.57. The molecule has 0 unspecified atom stereocenters. The molecule has 1 spiro atoms. The highest BCUT2D eigenvalue weighted by molar-refractivity contribution is 5.97. The molecule has 0 N–H and O–H groups in total. The average Bonchev–Trinajstić information content (AvgIpc) is 3.57. The number of benzene rings is 7. The van der Waals surface area contributed by atoms with E-state index in [1.165, 1.54) is 0 Å². The second kappa shape index (κ2) is 12.8. The number of ether oxygens (including phenoxy) is 1. The lowest BCUT2D eigenvalue weighted by Gasteiger charge is -2.39. The van der Waals surface area contributed by atoms with Crippen molar-refractivity contribution in [3.05, 3.63) is 210 Å². The molecule has 0 atom stereocenters. The summed E-state index contributed by atoms with van der Waals surface area (Å²) in [7, 11) is 0. The normalized spacial score (nSPS) is 12.9. The van der Waals surface area contributed by atoms with Crippen LogP contribution in [0.2, 0.25) is 0 Å². The Kier molecular flexibility index (Phi) is 7.29. The van der Waals surface area contributed by atoms with Crippen molar-refractivity contribution in [2.24, 2.45) is 0 Å². The van der Waals surface area contributed by atoms with E-state index < -0.39 is 5.41 Å². The van der Waals surface area contributed by atoms with Gasteiger partial charge in [-0.25, -0.2) is 15.0 Å². The molecular weight excluding hydrogens is 687 g/mol. The van der Waals surface area contributed by atoms with Gasteiger partial charge in [-0.05, 0) is 52.6 Å². The van der Waals surface area contributed by atoms with Crippen LogP contribution in [0.1, 0.15) is 22.3 Å². The second-order valence-electron chi connectivity index (χ2n) is 14.0. The van der Waals surface area contributed by atoms with Gasteiger partial charge in [0.25, 0.3) is 0 Å². The Bertz CT molecular complexity index is 2830. The third-order valence-corrected chi connectivity index (χ3v) is 10.9. The largest absolute Gasteiger partial charge is 0.457 e. The molecule has 9 aromatic rings. The van der Waals surface area contributed by atoms with Gasteiger partial charge in [-0.2, -0.15) is 0 Å². The highest BCUT2D eigenvalue weighted by Gasteiger charge is 2.52. The summed E-state index contributed by atoms with van der Waals surface area (Å²) in [5.41, 5.74) is 12.4. The number of aromatic nitrogens is 5. The van der Waals surface area contributed by atoms with E-state index in [4.69, 9.17) is 29.9 Å². The number of fused-ring (bicyclic) bond motifs is 9. The minimum absolute atomic E-state index is 0.600. The number of hydrogen-bond acceptors (Lipinski definition) is 6. The van der Waals surface area contributed by atoms with E-state index in [9.17, 15) is 0 Å².